The number of hydrogen-bond donors (Lipinski definition) is 1. The number of methoxy groups -OCH3 is 2. The fourth-order valence-electron chi connectivity index (χ4n) is 1.91. The SMILES string of the molecule is COc1ccc(S(=O)(=O)NCc2ccc(Cl)cc2Cl)c(OC)c1. The van der Waals surface area contributed by atoms with Crippen LogP contribution in [0.25, 0.3) is 0 Å². The first-order valence-corrected chi connectivity index (χ1v) is 8.77. The van der Waals surface area contributed by atoms with Crippen LogP contribution in [0.2, 0.25) is 10.0 Å². The largest absolute Gasteiger partial charge is 0.497 e. The molecule has 0 aliphatic carbocycles. The Balaban J connectivity index is 2.25. The second kappa shape index (κ2) is 7.40. The summed E-state index contributed by atoms with van der Waals surface area (Å²) in [4.78, 5) is 0.0193. The molecule has 23 heavy (non-hydrogen) atoms. The average molecular weight is 376 g/mol. The number of rotatable bonds is 6. The highest BCUT2D eigenvalue weighted by molar-refractivity contribution is 7.89. The molecule has 2 rings (SSSR count). The van der Waals surface area contributed by atoms with E-state index >= 15 is 0 Å². The summed E-state index contributed by atoms with van der Waals surface area (Å²) in [5.74, 6) is 0.695. The van der Waals surface area contributed by atoms with Crippen LogP contribution >= 0.6 is 23.2 Å². The zero-order valence-corrected chi connectivity index (χ0v) is 14.8. The monoisotopic (exact) mass is 375 g/mol. The molecule has 0 fully saturated rings. The molecule has 8 heteroatoms. The number of sulfonamides is 1. The van der Waals surface area contributed by atoms with E-state index < -0.39 is 10.0 Å². The van der Waals surface area contributed by atoms with Crippen LogP contribution in [0.4, 0.5) is 0 Å². The Morgan fingerprint density at radius 1 is 1.04 bits per heavy atom. The lowest BCUT2D eigenvalue weighted by Crippen LogP contribution is -2.24. The highest BCUT2D eigenvalue weighted by atomic mass is 35.5. The third kappa shape index (κ3) is 4.29. The predicted molar refractivity (Wildman–Crippen MR) is 90.0 cm³/mol. The minimum absolute atomic E-state index is 0.0193. The Bertz CT molecular complexity index is 809. The summed E-state index contributed by atoms with van der Waals surface area (Å²) in [7, 11) is -0.893. The first kappa shape index (κ1) is 17.9. The van der Waals surface area contributed by atoms with Crippen molar-refractivity contribution in [3.63, 3.8) is 0 Å². The smallest absolute Gasteiger partial charge is 0.244 e. The topological polar surface area (TPSA) is 64.6 Å². The van der Waals surface area contributed by atoms with E-state index in [0.717, 1.165) is 0 Å². The molecule has 0 aliphatic rings. The van der Waals surface area contributed by atoms with Gasteiger partial charge >= 0.3 is 0 Å². The van der Waals surface area contributed by atoms with Gasteiger partial charge in [0.1, 0.15) is 16.4 Å². The van der Waals surface area contributed by atoms with Gasteiger partial charge in [-0.25, -0.2) is 13.1 Å². The second-order valence-corrected chi connectivity index (χ2v) is 7.16. The molecular weight excluding hydrogens is 361 g/mol. The normalized spacial score (nSPS) is 11.3. The van der Waals surface area contributed by atoms with Gasteiger partial charge in [-0.15, -0.1) is 0 Å². The van der Waals surface area contributed by atoms with Crippen LogP contribution in [-0.4, -0.2) is 22.6 Å². The third-order valence-electron chi connectivity index (χ3n) is 3.13. The first-order chi connectivity index (χ1) is 10.9. The maximum Gasteiger partial charge on any atom is 0.244 e. The van der Waals surface area contributed by atoms with E-state index in [4.69, 9.17) is 32.7 Å². The maximum atomic E-state index is 12.5. The first-order valence-electron chi connectivity index (χ1n) is 6.53. The van der Waals surface area contributed by atoms with Crippen LogP contribution in [0.1, 0.15) is 5.56 Å². The molecule has 2 aromatic rings. The standard InChI is InChI=1S/C15H15Cl2NO4S/c1-21-12-5-6-15(14(8-12)22-2)23(19,20)18-9-10-3-4-11(16)7-13(10)17/h3-8,18H,9H2,1-2H3. The van der Waals surface area contributed by atoms with Crippen molar-refractivity contribution in [2.24, 2.45) is 0 Å². The van der Waals surface area contributed by atoms with Crippen molar-refractivity contribution in [1.82, 2.24) is 4.72 Å². The molecule has 2 aromatic carbocycles. The Morgan fingerprint density at radius 3 is 2.39 bits per heavy atom. The Kier molecular flexibility index (Phi) is 5.75. The number of hydrogen-bond acceptors (Lipinski definition) is 4. The van der Waals surface area contributed by atoms with Gasteiger partial charge in [-0.05, 0) is 29.8 Å². The highest BCUT2D eigenvalue weighted by Gasteiger charge is 2.20. The fourth-order valence-corrected chi connectivity index (χ4v) is 3.54. The van der Waals surface area contributed by atoms with E-state index in [-0.39, 0.29) is 17.2 Å². The van der Waals surface area contributed by atoms with Crippen molar-refractivity contribution in [2.75, 3.05) is 14.2 Å². The summed E-state index contributed by atoms with van der Waals surface area (Å²) in [5, 5.41) is 0.875. The molecule has 0 unspecified atom stereocenters. The molecule has 0 radical (unpaired) electrons. The van der Waals surface area contributed by atoms with Crippen LogP contribution in [0, 0.1) is 0 Å². The van der Waals surface area contributed by atoms with Gasteiger partial charge in [0.2, 0.25) is 10.0 Å². The molecular formula is C15H15Cl2NO4S. The van der Waals surface area contributed by atoms with Crippen LogP contribution in [0.3, 0.4) is 0 Å². The lowest BCUT2D eigenvalue weighted by molar-refractivity contribution is 0.386. The van der Waals surface area contributed by atoms with Crippen molar-refractivity contribution in [1.29, 1.82) is 0 Å². The summed E-state index contributed by atoms with van der Waals surface area (Å²) < 4.78 is 37.6. The summed E-state index contributed by atoms with van der Waals surface area (Å²) in [6.45, 7) is 0.0352. The average Bonchev–Trinajstić information content (AvgIpc) is 2.53. The quantitative estimate of drug-likeness (QED) is 0.838. The fraction of sp³-hybridized carbons (Fsp3) is 0.200. The highest BCUT2D eigenvalue weighted by Crippen LogP contribution is 2.28. The lowest BCUT2D eigenvalue weighted by Gasteiger charge is -2.12. The molecule has 0 amide bonds. The molecule has 0 spiro atoms. The van der Waals surface area contributed by atoms with Crippen LogP contribution < -0.4 is 14.2 Å². The summed E-state index contributed by atoms with van der Waals surface area (Å²) in [6.07, 6.45) is 0. The molecule has 0 saturated heterocycles. The van der Waals surface area contributed by atoms with Crippen LogP contribution in [-0.2, 0) is 16.6 Å². The van der Waals surface area contributed by atoms with E-state index in [1.165, 1.54) is 26.4 Å². The predicted octanol–water partition coefficient (Wildman–Crippen LogP) is 3.49. The molecule has 0 heterocycles. The summed E-state index contributed by atoms with van der Waals surface area (Å²) in [5.41, 5.74) is 0.618. The van der Waals surface area contributed by atoms with Crippen molar-refractivity contribution >= 4 is 33.2 Å². The van der Waals surface area contributed by atoms with Gasteiger partial charge in [0, 0.05) is 22.7 Å². The maximum absolute atomic E-state index is 12.5. The summed E-state index contributed by atoms with van der Waals surface area (Å²) >= 11 is 11.9. The zero-order chi connectivity index (χ0) is 17.0. The number of benzene rings is 2. The van der Waals surface area contributed by atoms with Gasteiger partial charge in [-0.3, -0.25) is 0 Å². The molecule has 0 bridgehead atoms. The number of halogens is 2. The van der Waals surface area contributed by atoms with Crippen LogP contribution in [0.15, 0.2) is 41.3 Å². The van der Waals surface area contributed by atoms with Gasteiger partial charge in [0.05, 0.1) is 14.2 Å². The van der Waals surface area contributed by atoms with Crippen molar-refractivity contribution in [3.05, 3.63) is 52.0 Å². The molecule has 0 saturated carbocycles. The van der Waals surface area contributed by atoms with Crippen molar-refractivity contribution in [3.8, 4) is 11.5 Å². The summed E-state index contributed by atoms with van der Waals surface area (Å²) in [6, 6.07) is 9.34. The molecule has 0 aliphatic heterocycles. The molecule has 0 atom stereocenters. The van der Waals surface area contributed by atoms with Gasteiger partial charge in [-0.2, -0.15) is 0 Å². The Morgan fingerprint density at radius 2 is 1.78 bits per heavy atom. The number of ether oxygens (including phenoxy) is 2. The Hall–Kier alpha value is -1.47. The van der Waals surface area contributed by atoms with E-state index in [0.29, 0.717) is 21.4 Å². The molecule has 1 N–H and O–H groups in total. The van der Waals surface area contributed by atoms with Crippen molar-refractivity contribution in [2.45, 2.75) is 11.4 Å². The van der Waals surface area contributed by atoms with Gasteiger partial charge < -0.3 is 9.47 Å². The van der Waals surface area contributed by atoms with Crippen LogP contribution in [0.5, 0.6) is 11.5 Å². The van der Waals surface area contributed by atoms with E-state index in [9.17, 15) is 8.42 Å². The van der Waals surface area contributed by atoms with E-state index in [1.807, 2.05) is 0 Å². The van der Waals surface area contributed by atoms with E-state index in [1.54, 1.807) is 24.3 Å². The third-order valence-corrected chi connectivity index (χ3v) is 5.16. The molecule has 124 valence electrons. The van der Waals surface area contributed by atoms with Gasteiger partial charge in [0.25, 0.3) is 0 Å². The number of nitrogens with one attached hydrogen (secondary N) is 1. The van der Waals surface area contributed by atoms with E-state index in [2.05, 4.69) is 4.72 Å². The Labute approximate surface area is 145 Å². The van der Waals surface area contributed by atoms with Gasteiger partial charge in [-0.1, -0.05) is 29.3 Å². The van der Waals surface area contributed by atoms with Gasteiger partial charge in [0.15, 0.2) is 0 Å². The second-order valence-electron chi connectivity index (χ2n) is 4.58. The minimum atomic E-state index is -3.78. The van der Waals surface area contributed by atoms with Crippen molar-refractivity contribution < 1.29 is 17.9 Å². The molecule has 0 aromatic heterocycles. The zero-order valence-electron chi connectivity index (χ0n) is 12.5. The molecule has 5 nitrogen and oxygen atoms in total. The lowest BCUT2D eigenvalue weighted by atomic mass is 10.2. The minimum Gasteiger partial charge on any atom is -0.497 e.